The molecule has 0 aliphatic heterocycles. The number of hydrazine groups is 1. The van der Waals surface area contributed by atoms with Crippen molar-refractivity contribution in [3.05, 3.63) is 34.7 Å². The molecule has 0 bridgehead atoms. The van der Waals surface area contributed by atoms with Crippen LogP contribution in [0, 0.1) is 0 Å². The van der Waals surface area contributed by atoms with E-state index in [0.29, 0.717) is 4.88 Å². The molecule has 1 aromatic carbocycles. The number of nitrogens with two attached hydrogens (primary N) is 1. The van der Waals surface area contributed by atoms with Crippen molar-refractivity contribution in [1.29, 1.82) is 0 Å². The van der Waals surface area contributed by atoms with E-state index in [1.807, 2.05) is 30.0 Å². The number of thiophene rings is 1. The normalized spacial score (nSPS) is 11.2. The van der Waals surface area contributed by atoms with Crippen molar-refractivity contribution in [2.45, 2.75) is 6.54 Å². The van der Waals surface area contributed by atoms with Crippen LogP contribution in [0.2, 0.25) is 0 Å². The molecule has 3 N–H and O–H groups in total. The second-order valence-electron chi connectivity index (χ2n) is 4.61. The predicted octanol–water partition coefficient (Wildman–Crippen LogP) is 2.30. The van der Waals surface area contributed by atoms with Gasteiger partial charge in [0.25, 0.3) is 5.91 Å². The molecule has 1 amide bonds. The lowest BCUT2D eigenvalue weighted by molar-refractivity contribution is 0.0956. The van der Waals surface area contributed by atoms with E-state index in [4.69, 9.17) is 5.84 Å². The third-order valence-corrected chi connectivity index (χ3v) is 4.94. The van der Waals surface area contributed by atoms with E-state index in [9.17, 15) is 4.79 Å². The Balaban J connectivity index is 2.35. The van der Waals surface area contributed by atoms with Crippen LogP contribution in [0.3, 0.4) is 0 Å². The Bertz CT molecular complexity index is 597. The highest BCUT2D eigenvalue weighted by molar-refractivity contribution is 7.98. The maximum Gasteiger partial charge on any atom is 0.275 e. The number of carbonyl (C=O) groups excluding carboxylic acids is 1. The molecule has 0 saturated carbocycles. The van der Waals surface area contributed by atoms with Gasteiger partial charge in [-0.1, -0.05) is 18.2 Å². The van der Waals surface area contributed by atoms with Crippen LogP contribution in [0.25, 0.3) is 10.1 Å². The SMILES string of the molecule is CSCCN(C)Cc1c(C(=O)NN)sc2ccccc12. The highest BCUT2D eigenvalue weighted by Crippen LogP contribution is 2.32. The molecule has 0 atom stereocenters. The molecule has 1 heterocycles. The first-order valence-electron chi connectivity index (χ1n) is 6.36. The van der Waals surface area contributed by atoms with Crippen molar-refractivity contribution in [1.82, 2.24) is 10.3 Å². The van der Waals surface area contributed by atoms with E-state index in [-0.39, 0.29) is 5.91 Å². The number of amides is 1. The van der Waals surface area contributed by atoms with Crippen LogP contribution in [-0.4, -0.2) is 36.4 Å². The van der Waals surface area contributed by atoms with Crippen LogP contribution in [0.15, 0.2) is 24.3 Å². The molecule has 2 rings (SSSR count). The Morgan fingerprint density at radius 1 is 1.45 bits per heavy atom. The lowest BCUT2D eigenvalue weighted by Crippen LogP contribution is -2.30. The Morgan fingerprint density at radius 2 is 2.20 bits per heavy atom. The number of fused-ring (bicyclic) bond motifs is 1. The van der Waals surface area contributed by atoms with Crippen LogP contribution >= 0.6 is 23.1 Å². The van der Waals surface area contributed by atoms with Crippen LogP contribution in [-0.2, 0) is 6.54 Å². The van der Waals surface area contributed by atoms with Gasteiger partial charge in [-0.05, 0) is 30.3 Å². The molecule has 0 unspecified atom stereocenters. The summed E-state index contributed by atoms with van der Waals surface area (Å²) in [5.41, 5.74) is 3.31. The molecule has 20 heavy (non-hydrogen) atoms. The molecular weight excluding hydrogens is 290 g/mol. The first-order valence-corrected chi connectivity index (χ1v) is 8.57. The maximum absolute atomic E-state index is 12.0. The molecule has 0 fully saturated rings. The number of nitrogens with zero attached hydrogens (tertiary/aromatic N) is 1. The van der Waals surface area contributed by atoms with E-state index in [2.05, 4.69) is 29.7 Å². The quantitative estimate of drug-likeness (QED) is 0.488. The predicted molar refractivity (Wildman–Crippen MR) is 88.2 cm³/mol. The van der Waals surface area contributed by atoms with Gasteiger partial charge in [0.1, 0.15) is 0 Å². The lowest BCUT2D eigenvalue weighted by Gasteiger charge is -2.16. The first-order chi connectivity index (χ1) is 9.67. The Morgan fingerprint density at radius 3 is 2.90 bits per heavy atom. The number of nitrogens with one attached hydrogen (secondary N) is 1. The molecule has 0 spiro atoms. The molecular formula is C14H19N3OS2. The molecule has 4 nitrogen and oxygen atoms in total. The van der Waals surface area contributed by atoms with Crippen LogP contribution in [0.4, 0.5) is 0 Å². The number of hydrogen-bond acceptors (Lipinski definition) is 5. The van der Waals surface area contributed by atoms with Crippen molar-refractivity contribution < 1.29 is 4.79 Å². The van der Waals surface area contributed by atoms with Crippen molar-refractivity contribution in [3.8, 4) is 0 Å². The largest absolute Gasteiger partial charge is 0.301 e. The molecule has 0 aliphatic carbocycles. The molecule has 108 valence electrons. The first kappa shape index (κ1) is 15.3. The average Bonchev–Trinajstić information content (AvgIpc) is 2.83. The smallest absolute Gasteiger partial charge is 0.275 e. The summed E-state index contributed by atoms with van der Waals surface area (Å²) in [5.74, 6) is 6.17. The number of benzene rings is 1. The zero-order valence-corrected chi connectivity index (χ0v) is 13.3. The van der Waals surface area contributed by atoms with Gasteiger partial charge in [0.2, 0.25) is 0 Å². The summed E-state index contributed by atoms with van der Waals surface area (Å²) in [6, 6.07) is 8.10. The van der Waals surface area contributed by atoms with Gasteiger partial charge < -0.3 is 4.90 Å². The minimum absolute atomic E-state index is 0.209. The molecule has 0 aliphatic rings. The average molecular weight is 309 g/mol. The van der Waals surface area contributed by atoms with Crippen LogP contribution in [0.1, 0.15) is 15.2 Å². The van der Waals surface area contributed by atoms with Gasteiger partial charge in [-0.15, -0.1) is 11.3 Å². The van der Waals surface area contributed by atoms with E-state index in [1.165, 1.54) is 11.3 Å². The summed E-state index contributed by atoms with van der Waals surface area (Å²) in [5, 5.41) is 1.15. The van der Waals surface area contributed by atoms with Gasteiger partial charge in [-0.2, -0.15) is 11.8 Å². The number of thioether (sulfide) groups is 1. The van der Waals surface area contributed by atoms with Gasteiger partial charge in [-0.25, -0.2) is 5.84 Å². The highest BCUT2D eigenvalue weighted by Gasteiger charge is 2.18. The Kier molecular flexibility index (Phi) is 5.42. The van der Waals surface area contributed by atoms with Gasteiger partial charge in [0.15, 0.2) is 0 Å². The van der Waals surface area contributed by atoms with Crippen LogP contribution < -0.4 is 11.3 Å². The Labute approximate surface area is 127 Å². The van der Waals surface area contributed by atoms with E-state index >= 15 is 0 Å². The van der Waals surface area contributed by atoms with Gasteiger partial charge in [-0.3, -0.25) is 10.2 Å². The summed E-state index contributed by atoms with van der Waals surface area (Å²) in [6.07, 6.45) is 2.10. The molecule has 6 heteroatoms. The lowest BCUT2D eigenvalue weighted by atomic mass is 10.1. The van der Waals surface area contributed by atoms with Crippen molar-refractivity contribution >= 4 is 39.1 Å². The molecule has 0 radical (unpaired) electrons. The number of carbonyl (C=O) groups is 1. The molecule has 0 saturated heterocycles. The summed E-state index contributed by atoms with van der Waals surface area (Å²) in [7, 11) is 2.08. The summed E-state index contributed by atoms with van der Waals surface area (Å²) < 4.78 is 1.12. The fraction of sp³-hybridized carbons (Fsp3) is 0.357. The van der Waals surface area contributed by atoms with Gasteiger partial charge >= 0.3 is 0 Å². The molecule has 2 aromatic rings. The van der Waals surface area contributed by atoms with Gasteiger partial charge in [0, 0.05) is 23.5 Å². The second kappa shape index (κ2) is 7.08. The second-order valence-corrected chi connectivity index (χ2v) is 6.65. The third kappa shape index (κ3) is 3.32. The van der Waals surface area contributed by atoms with Gasteiger partial charge in [0.05, 0.1) is 4.88 Å². The minimum Gasteiger partial charge on any atom is -0.301 e. The topological polar surface area (TPSA) is 58.4 Å². The van der Waals surface area contributed by atoms with E-state index in [0.717, 1.165) is 34.5 Å². The van der Waals surface area contributed by atoms with Crippen LogP contribution in [0.5, 0.6) is 0 Å². The standard InChI is InChI=1S/C14H19N3OS2/c1-17(7-8-19-2)9-11-10-5-3-4-6-12(10)20-13(11)14(18)16-15/h3-6H,7-9,15H2,1-2H3,(H,16,18). The summed E-state index contributed by atoms with van der Waals surface area (Å²) >= 11 is 3.32. The third-order valence-electron chi connectivity index (χ3n) is 3.14. The zero-order valence-electron chi connectivity index (χ0n) is 11.7. The van der Waals surface area contributed by atoms with Crippen molar-refractivity contribution in [3.63, 3.8) is 0 Å². The van der Waals surface area contributed by atoms with Crippen molar-refractivity contribution in [2.24, 2.45) is 5.84 Å². The zero-order chi connectivity index (χ0) is 14.5. The maximum atomic E-state index is 12.0. The van der Waals surface area contributed by atoms with Crippen molar-refractivity contribution in [2.75, 3.05) is 25.6 Å². The Hall–Kier alpha value is -1.08. The number of rotatable bonds is 6. The fourth-order valence-electron chi connectivity index (χ4n) is 2.10. The number of nitrogen functional groups attached to an aromatic ring is 1. The summed E-state index contributed by atoms with van der Waals surface area (Å²) in [4.78, 5) is 14.9. The fourth-order valence-corrected chi connectivity index (χ4v) is 3.71. The van der Waals surface area contributed by atoms with E-state index < -0.39 is 0 Å². The summed E-state index contributed by atoms with van der Waals surface area (Å²) in [6.45, 7) is 1.75. The van der Waals surface area contributed by atoms with E-state index in [1.54, 1.807) is 0 Å². The molecule has 1 aromatic heterocycles. The minimum atomic E-state index is -0.209. The monoisotopic (exact) mass is 309 g/mol. The highest BCUT2D eigenvalue weighted by atomic mass is 32.2. The number of hydrogen-bond donors (Lipinski definition) is 2.